The van der Waals surface area contributed by atoms with Gasteiger partial charge in [0.05, 0.1) is 11.1 Å². The summed E-state index contributed by atoms with van der Waals surface area (Å²) in [7, 11) is 0. The highest BCUT2D eigenvalue weighted by atomic mass is 19.4. The molecule has 19 heavy (non-hydrogen) atoms. The number of aliphatic carboxylic acids is 1. The molecule has 2 rings (SSSR count). The first-order valence-electron chi connectivity index (χ1n) is 4.89. The number of alkyl halides is 3. The van der Waals surface area contributed by atoms with Crippen molar-refractivity contribution >= 4 is 17.8 Å². The molecule has 0 saturated carbocycles. The van der Waals surface area contributed by atoms with Crippen molar-refractivity contribution in [2.45, 2.75) is 12.6 Å². The molecule has 102 valence electrons. The molecular weight excluding hydrogens is 267 g/mol. The molecule has 1 heterocycles. The largest absolute Gasteiger partial charge is 0.490 e. The highest BCUT2D eigenvalue weighted by Gasteiger charge is 2.38. The Morgan fingerprint density at radius 3 is 2.26 bits per heavy atom. The van der Waals surface area contributed by atoms with Gasteiger partial charge in [-0.1, -0.05) is 18.7 Å². The molecule has 2 aliphatic rings. The normalized spacial score (nSPS) is 17.7. The second-order valence-electron chi connectivity index (χ2n) is 3.58. The van der Waals surface area contributed by atoms with Crippen molar-refractivity contribution in [1.29, 1.82) is 0 Å². The van der Waals surface area contributed by atoms with E-state index in [-0.39, 0.29) is 11.8 Å². The highest BCUT2D eigenvalue weighted by Crippen LogP contribution is 2.26. The number of carboxylic acid groups (broad SMARTS) is 1. The molecule has 0 bridgehead atoms. The maximum atomic E-state index is 11.1. The minimum Gasteiger partial charge on any atom is -0.475 e. The third kappa shape index (κ3) is 3.30. The Hall–Kier alpha value is -2.38. The van der Waals surface area contributed by atoms with Crippen molar-refractivity contribution in [3.05, 3.63) is 35.5 Å². The quantitative estimate of drug-likeness (QED) is 0.648. The molecule has 0 spiro atoms. The van der Waals surface area contributed by atoms with E-state index in [1.807, 2.05) is 6.08 Å². The van der Waals surface area contributed by atoms with Crippen LogP contribution in [0, 0.1) is 0 Å². The van der Waals surface area contributed by atoms with E-state index in [2.05, 4.69) is 11.9 Å². The molecule has 0 fully saturated rings. The Bertz CT molecular complexity index is 519. The van der Waals surface area contributed by atoms with Gasteiger partial charge in [0.25, 0.3) is 11.8 Å². The fraction of sp³-hybridized carbons (Fsp3) is 0.182. The number of amides is 2. The van der Waals surface area contributed by atoms with Gasteiger partial charge in [0.2, 0.25) is 0 Å². The second kappa shape index (κ2) is 5.09. The maximum Gasteiger partial charge on any atom is 0.490 e. The van der Waals surface area contributed by atoms with Crippen LogP contribution in [0.4, 0.5) is 13.2 Å². The molecule has 8 heteroatoms. The van der Waals surface area contributed by atoms with Gasteiger partial charge < -0.3 is 5.11 Å². The van der Waals surface area contributed by atoms with Crippen LogP contribution in [0.1, 0.15) is 6.42 Å². The molecule has 5 nitrogen and oxygen atoms in total. The lowest BCUT2D eigenvalue weighted by atomic mass is 9.95. The number of carboxylic acids is 1. The Kier molecular flexibility index (Phi) is 3.93. The smallest absolute Gasteiger partial charge is 0.475 e. The van der Waals surface area contributed by atoms with Gasteiger partial charge in [0.15, 0.2) is 0 Å². The summed E-state index contributed by atoms with van der Waals surface area (Å²) >= 11 is 0. The number of hydrogen-bond donors (Lipinski definition) is 2. The molecule has 2 amide bonds. The summed E-state index contributed by atoms with van der Waals surface area (Å²) in [5.74, 6) is -3.39. The van der Waals surface area contributed by atoms with Crippen molar-refractivity contribution in [1.82, 2.24) is 5.32 Å². The lowest BCUT2D eigenvalue weighted by molar-refractivity contribution is -0.192. The Morgan fingerprint density at radius 1 is 1.32 bits per heavy atom. The minimum atomic E-state index is -5.08. The monoisotopic (exact) mass is 275 g/mol. The summed E-state index contributed by atoms with van der Waals surface area (Å²) in [4.78, 5) is 31.1. The Balaban J connectivity index is 0.000000224. The number of allylic oxidation sites excluding steroid dienone is 1. The highest BCUT2D eigenvalue weighted by molar-refractivity contribution is 6.23. The average Bonchev–Trinajstić information content (AvgIpc) is 2.55. The number of nitrogens with one attached hydrogen (secondary N) is 1. The van der Waals surface area contributed by atoms with Crippen LogP contribution in [0.5, 0.6) is 0 Å². The molecular formula is C11H8F3NO4. The SMILES string of the molecule is C=C1CC=CC2=C1C(=O)NC2=O.O=C(O)C(F)(F)F. The number of imide groups is 1. The molecule has 0 aromatic carbocycles. The molecule has 1 aliphatic carbocycles. The fourth-order valence-corrected chi connectivity index (χ4v) is 1.40. The molecule has 0 aromatic rings. The van der Waals surface area contributed by atoms with Crippen LogP contribution in [0.25, 0.3) is 0 Å². The van der Waals surface area contributed by atoms with E-state index in [1.165, 1.54) is 0 Å². The fourth-order valence-electron chi connectivity index (χ4n) is 1.40. The molecule has 0 radical (unpaired) electrons. The van der Waals surface area contributed by atoms with Crippen molar-refractivity contribution in [3.8, 4) is 0 Å². The molecule has 0 atom stereocenters. The van der Waals surface area contributed by atoms with Gasteiger partial charge >= 0.3 is 12.1 Å². The third-order valence-electron chi connectivity index (χ3n) is 2.21. The molecule has 1 aliphatic heterocycles. The van der Waals surface area contributed by atoms with Gasteiger partial charge in [0, 0.05) is 0 Å². The predicted octanol–water partition coefficient (Wildman–Crippen LogP) is 1.09. The summed E-state index contributed by atoms with van der Waals surface area (Å²) in [6, 6.07) is 0. The Labute approximate surface area is 105 Å². The first kappa shape index (κ1) is 14.7. The lowest BCUT2D eigenvalue weighted by Gasteiger charge is -2.06. The number of rotatable bonds is 0. The number of carbonyl (C=O) groups is 3. The van der Waals surface area contributed by atoms with E-state index in [0.29, 0.717) is 17.6 Å². The van der Waals surface area contributed by atoms with Crippen molar-refractivity contribution in [2.24, 2.45) is 0 Å². The molecule has 0 saturated heterocycles. The van der Waals surface area contributed by atoms with Gasteiger partial charge in [-0.25, -0.2) is 4.79 Å². The van der Waals surface area contributed by atoms with Crippen LogP contribution in [-0.2, 0) is 14.4 Å². The molecule has 2 N–H and O–H groups in total. The van der Waals surface area contributed by atoms with Crippen molar-refractivity contribution in [2.75, 3.05) is 0 Å². The zero-order valence-corrected chi connectivity index (χ0v) is 9.37. The molecule has 0 unspecified atom stereocenters. The van der Waals surface area contributed by atoms with E-state index < -0.39 is 12.1 Å². The van der Waals surface area contributed by atoms with Crippen LogP contribution in [0.15, 0.2) is 35.5 Å². The lowest BCUT2D eigenvalue weighted by Crippen LogP contribution is -2.22. The Morgan fingerprint density at radius 2 is 1.84 bits per heavy atom. The van der Waals surface area contributed by atoms with E-state index in [0.717, 1.165) is 5.57 Å². The van der Waals surface area contributed by atoms with Gasteiger partial charge in [-0.05, 0) is 12.0 Å². The maximum absolute atomic E-state index is 11.1. The van der Waals surface area contributed by atoms with Crippen LogP contribution in [0.3, 0.4) is 0 Å². The van der Waals surface area contributed by atoms with Gasteiger partial charge in [0.1, 0.15) is 0 Å². The number of hydrogen-bond acceptors (Lipinski definition) is 3. The summed E-state index contributed by atoms with van der Waals surface area (Å²) in [5, 5.41) is 9.35. The molecule has 0 aromatic heterocycles. The first-order chi connectivity index (χ1) is 8.64. The summed E-state index contributed by atoms with van der Waals surface area (Å²) < 4.78 is 31.7. The number of carbonyl (C=O) groups excluding carboxylic acids is 2. The summed E-state index contributed by atoms with van der Waals surface area (Å²) in [6.07, 6.45) is -0.927. The van der Waals surface area contributed by atoms with Crippen LogP contribution in [0.2, 0.25) is 0 Å². The van der Waals surface area contributed by atoms with Crippen LogP contribution < -0.4 is 5.32 Å². The zero-order valence-electron chi connectivity index (χ0n) is 9.37. The zero-order chi connectivity index (χ0) is 14.8. The second-order valence-corrected chi connectivity index (χ2v) is 3.58. The van der Waals surface area contributed by atoms with E-state index in [4.69, 9.17) is 9.90 Å². The van der Waals surface area contributed by atoms with E-state index >= 15 is 0 Å². The van der Waals surface area contributed by atoms with Crippen LogP contribution in [-0.4, -0.2) is 29.1 Å². The topological polar surface area (TPSA) is 83.5 Å². The average molecular weight is 275 g/mol. The van der Waals surface area contributed by atoms with E-state index in [1.54, 1.807) is 6.08 Å². The summed E-state index contributed by atoms with van der Waals surface area (Å²) in [5.41, 5.74) is 1.63. The van der Waals surface area contributed by atoms with Crippen LogP contribution >= 0.6 is 0 Å². The predicted molar refractivity (Wildman–Crippen MR) is 56.8 cm³/mol. The summed E-state index contributed by atoms with van der Waals surface area (Å²) in [6.45, 7) is 3.72. The van der Waals surface area contributed by atoms with Gasteiger partial charge in [-0.15, -0.1) is 0 Å². The minimum absolute atomic E-state index is 0.313. The van der Waals surface area contributed by atoms with Crippen molar-refractivity contribution in [3.63, 3.8) is 0 Å². The standard InChI is InChI=1S/C9H7NO2.C2HF3O2/c1-5-3-2-4-6-7(5)9(12)10-8(6)11;3-2(4,5)1(6)7/h2,4H,1,3H2,(H,10,11,12);(H,6,7). The van der Waals surface area contributed by atoms with E-state index in [9.17, 15) is 22.8 Å². The number of halogens is 3. The van der Waals surface area contributed by atoms with Crippen molar-refractivity contribution < 1.29 is 32.7 Å². The first-order valence-corrected chi connectivity index (χ1v) is 4.89. The third-order valence-corrected chi connectivity index (χ3v) is 2.21. The van der Waals surface area contributed by atoms with Gasteiger partial charge in [-0.3, -0.25) is 14.9 Å². The van der Waals surface area contributed by atoms with Gasteiger partial charge in [-0.2, -0.15) is 13.2 Å².